The fourth-order valence-corrected chi connectivity index (χ4v) is 2.91. The first kappa shape index (κ1) is 15.4. The van der Waals surface area contributed by atoms with E-state index in [2.05, 4.69) is 33.4 Å². The molecule has 4 nitrogen and oxygen atoms in total. The number of ether oxygens (including phenoxy) is 2. The number of hydrogen-bond donors (Lipinski definition) is 2. The molecule has 2 rings (SSSR count). The number of aliphatic hydroxyl groups excluding tert-OH is 1. The summed E-state index contributed by atoms with van der Waals surface area (Å²) in [5.74, 6) is 1.83. The smallest absolute Gasteiger partial charge is 0.128 e. The van der Waals surface area contributed by atoms with E-state index in [0.717, 1.165) is 28.0 Å². The normalized spacial score (nSPS) is 21.2. The highest BCUT2D eigenvalue weighted by Crippen LogP contribution is 2.32. The summed E-state index contributed by atoms with van der Waals surface area (Å²) in [5.41, 5.74) is 1.06. The summed E-state index contributed by atoms with van der Waals surface area (Å²) < 4.78 is 11.6. The summed E-state index contributed by atoms with van der Waals surface area (Å²) in [6.07, 6.45) is 5.12. The van der Waals surface area contributed by atoms with Crippen molar-refractivity contribution in [3.05, 3.63) is 34.3 Å². The van der Waals surface area contributed by atoms with Crippen molar-refractivity contribution in [1.82, 2.24) is 5.32 Å². The van der Waals surface area contributed by atoms with Crippen LogP contribution in [-0.2, 0) is 6.54 Å². The van der Waals surface area contributed by atoms with Gasteiger partial charge in [0.05, 0.1) is 14.2 Å². The average molecular weight is 342 g/mol. The Kier molecular flexibility index (Phi) is 5.46. The van der Waals surface area contributed by atoms with Crippen LogP contribution in [0.2, 0.25) is 0 Å². The fraction of sp³-hybridized carbons (Fsp3) is 0.467. The van der Waals surface area contributed by atoms with Crippen LogP contribution in [0.25, 0.3) is 0 Å². The molecule has 0 amide bonds. The van der Waals surface area contributed by atoms with E-state index in [9.17, 15) is 0 Å². The molecule has 20 heavy (non-hydrogen) atoms. The van der Waals surface area contributed by atoms with Crippen LogP contribution in [0.3, 0.4) is 0 Å². The molecule has 0 spiro atoms. The molecule has 110 valence electrons. The highest BCUT2D eigenvalue weighted by atomic mass is 79.9. The molecule has 0 aliphatic heterocycles. The molecule has 0 saturated carbocycles. The van der Waals surface area contributed by atoms with Gasteiger partial charge in [-0.1, -0.05) is 28.1 Å². The van der Waals surface area contributed by atoms with E-state index in [1.807, 2.05) is 12.1 Å². The second-order valence-corrected chi connectivity index (χ2v) is 5.70. The molecule has 1 aromatic rings. The maximum Gasteiger partial charge on any atom is 0.128 e. The van der Waals surface area contributed by atoms with Crippen molar-refractivity contribution in [1.29, 1.82) is 0 Å². The predicted octanol–water partition coefficient (Wildman–Crippen LogP) is 2.49. The molecule has 1 aromatic carbocycles. The molecule has 2 atom stereocenters. The first-order valence-corrected chi connectivity index (χ1v) is 7.40. The topological polar surface area (TPSA) is 50.7 Å². The second kappa shape index (κ2) is 7.11. The summed E-state index contributed by atoms with van der Waals surface area (Å²) >= 11 is 3.56. The molecule has 1 aliphatic carbocycles. The SMILES string of the molecule is COc1cc(Br)c(CN[C@@H]2C=C[C@H](CO)C2)c(OC)c1. The van der Waals surface area contributed by atoms with Crippen molar-refractivity contribution in [2.45, 2.75) is 19.0 Å². The van der Waals surface area contributed by atoms with Gasteiger partial charge in [-0.2, -0.15) is 0 Å². The molecule has 2 N–H and O–H groups in total. The first-order chi connectivity index (χ1) is 9.67. The lowest BCUT2D eigenvalue weighted by atomic mass is 10.1. The third kappa shape index (κ3) is 3.53. The van der Waals surface area contributed by atoms with Crippen molar-refractivity contribution >= 4 is 15.9 Å². The Hall–Kier alpha value is -1.04. The molecular weight excluding hydrogens is 322 g/mol. The Labute approximate surface area is 127 Å². The van der Waals surface area contributed by atoms with Crippen molar-refractivity contribution in [2.75, 3.05) is 20.8 Å². The van der Waals surface area contributed by atoms with Crippen LogP contribution >= 0.6 is 15.9 Å². The van der Waals surface area contributed by atoms with Gasteiger partial charge in [0.15, 0.2) is 0 Å². The highest BCUT2D eigenvalue weighted by Gasteiger charge is 2.19. The van der Waals surface area contributed by atoms with E-state index in [0.29, 0.717) is 12.6 Å². The lowest BCUT2D eigenvalue weighted by Gasteiger charge is -2.16. The van der Waals surface area contributed by atoms with Crippen LogP contribution in [0.4, 0.5) is 0 Å². The van der Waals surface area contributed by atoms with E-state index in [1.54, 1.807) is 14.2 Å². The van der Waals surface area contributed by atoms with Crippen LogP contribution < -0.4 is 14.8 Å². The monoisotopic (exact) mass is 341 g/mol. The maximum absolute atomic E-state index is 9.13. The predicted molar refractivity (Wildman–Crippen MR) is 82.2 cm³/mol. The largest absolute Gasteiger partial charge is 0.497 e. The molecule has 0 unspecified atom stereocenters. The van der Waals surface area contributed by atoms with Gasteiger partial charge >= 0.3 is 0 Å². The van der Waals surface area contributed by atoms with Crippen molar-refractivity contribution in [3.63, 3.8) is 0 Å². The minimum absolute atomic E-state index is 0.213. The molecule has 0 heterocycles. The number of nitrogens with one attached hydrogen (secondary N) is 1. The van der Waals surface area contributed by atoms with Crippen LogP contribution in [0.1, 0.15) is 12.0 Å². The number of methoxy groups -OCH3 is 2. The lowest BCUT2D eigenvalue weighted by Crippen LogP contribution is -2.26. The van der Waals surface area contributed by atoms with Gasteiger partial charge in [-0.05, 0) is 12.5 Å². The van der Waals surface area contributed by atoms with Crippen molar-refractivity contribution in [3.8, 4) is 11.5 Å². The maximum atomic E-state index is 9.13. The highest BCUT2D eigenvalue weighted by molar-refractivity contribution is 9.10. The van der Waals surface area contributed by atoms with Gasteiger partial charge in [0, 0.05) is 41.2 Å². The van der Waals surface area contributed by atoms with E-state index >= 15 is 0 Å². The number of rotatable bonds is 6. The summed E-state index contributed by atoms with van der Waals surface area (Å²) in [5, 5.41) is 12.6. The number of halogens is 1. The van der Waals surface area contributed by atoms with Crippen molar-refractivity contribution in [2.24, 2.45) is 5.92 Å². The zero-order valence-electron chi connectivity index (χ0n) is 11.7. The van der Waals surface area contributed by atoms with Gasteiger partial charge in [-0.15, -0.1) is 0 Å². The van der Waals surface area contributed by atoms with Gasteiger partial charge in [-0.3, -0.25) is 0 Å². The van der Waals surface area contributed by atoms with E-state index in [-0.39, 0.29) is 12.5 Å². The molecule has 1 aliphatic rings. The van der Waals surface area contributed by atoms with Gasteiger partial charge in [0.25, 0.3) is 0 Å². The lowest BCUT2D eigenvalue weighted by molar-refractivity contribution is 0.246. The van der Waals surface area contributed by atoms with Gasteiger partial charge in [0.2, 0.25) is 0 Å². The molecule has 5 heteroatoms. The molecule has 0 fully saturated rings. The van der Waals surface area contributed by atoms with Crippen LogP contribution in [0.5, 0.6) is 11.5 Å². The van der Waals surface area contributed by atoms with Crippen molar-refractivity contribution < 1.29 is 14.6 Å². The zero-order chi connectivity index (χ0) is 14.5. The third-order valence-electron chi connectivity index (χ3n) is 3.53. The molecule has 0 radical (unpaired) electrons. The van der Waals surface area contributed by atoms with Gasteiger partial charge < -0.3 is 19.9 Å². The van der Waals surface area contributed by atoms with Gasteiger partial charge in [0.1, 0.15) is 11.5 Å². The van der Waals surface area contributed by atoms with E-state index in [4.69, 9.17) is 14.6 Å². The Morgan fingerprint density at radius 3 is 2.70 bits per heavy atom. The molecule has 0 saturated heterocycles. The second-order valence-electron chi connectivity index (χ2n) is 4.84. The summed E-state index contributed by atoms with van der Waals surface area (Å²) in [4.78, 5) is 0. The van der Waals surface area contributed by atoms with E-state index < -0.39 is 0 Å². The molecular formula is C15H20BrNO3. The Morgan fingerprint density at radius 2 is 2.10 bits per heavy atom. The van der Waals surface area contributed by atoms with Crippen LogP contribution in [-0.4, -0.2) is 32.0 Å². The Morgan fingerprint density at radius 1 is 1.30 bits per heavy atom. The Bertz CT molecular complexity index is 490. The standard InChI is InChI=1S/C15H20BrNO3/c1-19-12-6-14(16)13(15(7-12)20-2)8-17-11-4-3-10(5-11)9-18/h3-4,6-7,10-11,17-18H,5,8-9H2,1-2H3/t10-,11+/m0/s1. The fourth-order valence-electron chi connectivity index (χ4n) is 2.35. The average Bonchev–Trinajstić information content (AvgIpc) is 2.93. The van der Waals surface area contributed by atoms with Crippen LogP contribution in [0, 0.1) is 5.92 Å². The Balaban J connectivity index is 2.04. The summed E-state index contributed by atoms with van der Waals surface area (Å²) in [6.45, 7) is 0.908. The van der Waals surface area contributed by atoms with Gasteiger partial charge in [-0.25, -0.2) is 0 Å². The van der Waals surface area contributed by atoms with E-state index in [1.165, 1.54) is 0 Å². The minimum atomic E-state index is 0.213. The summed E-state index contributed by atoms with van der Waals surface area (Å²) in [6, 6.07) is 4.11. The minimum Gasteiger partial charge on any atom is -0.497 e. The van der Waals surface area contributed by atoms with Crippen LogP contribution in [0.15, 0.2) is 28.8 Å². The quantitative estimate of drug-likeness (QED) is 0.780. The first-order valence-electron chi connectivity index (χ1n) is 6.61. The molecule has 0 aromatic heterocycles. The summed E-state index contributed by atoms with van der Waals surface area (Å²) in [7, 11) is 3.29. The number of hydrogen-bond acceptors (Lipinski definition) is 4. The zero-order valence-corrected chi connectivity index (χ0v) is 13.3. The number of benzene rings is 1. The third-order valence-corrected chi connectivity index (χ3v) is 4.24. The number of aliphatic hydroxyl groups is 1. The molecule has 0 bridgehead atoms.